The van der Waals surface area contributed by atoms with Crippen molar-refractivity contribution in [3.63, 3.8) is 0 Å². The average Bonchev–Trinajstić information content (AvgIpc) is 2.69. The van der Waals surface area contributed by atoms with Gasteiger partial charge in [-0.1, -0.05) is 36.4 Å². The van der Waals surface area contributed by atoms with Gasteiger partial charge in [0.25, 0.3) is 0 Å². The lowest BCUT2D eigenvalue weighted by molar-refractivity contribution is 0.0684. The van der Waals surface area contributed by atoms with Crippen LogP contribution in [0.2, 0.25) is 0 Å². The van der Waals surface area contributed by atoms with E-state index in [0.717, 1.165) is 31.2 Å². The van der Waals surface area contributed by atoms with E-state index in [1.807, 2.05) is 12.1 Å². The molecule has 0 unspecified atom stereocenters. The fourth-order valence-corrected chi connectivity index (χ4v) is 3.28. The van der Waals surface area contributed by atoms with E-state index in [4.69, 9.17) is 15.3 Å². The summed E-state index contributed by atoms with van der Waals surface area (Å²) >= 11 is 0. The Kier molecular flexibility index (Phi) is 7.36. The van der Waals surface area contributed by atoms with E-state index >= 15 is 0 Å². The minimum Gasteiger partial charge on any atom is -0.478 e. The first-order valence-corrected chi connectivity index (χ1v) is 8.74. The van der Waals surface area contributed by atoms with E-state index in [1.165, 1.54) is 0 Å². The molecule has 2 aromatic rings. The Labute approximate surface area is 152 Å². The molecule has 1 fully saturated rings. The third-order valence-electron chi connectivity index (χ3n) is 4.76. The van der Waals surface area contributed by atoms with Gasteiger partial charge in [-0.2, -0.15) is 0 Å². The summed E-state index contributed by atoms with van der Waals surface area (Å²) < 4.78 is 0. The molecular weight excluding hydrogens is 332 g/mol. The van der Waals surface area contributed by atoms with Crippen molar-refractivity contribution in [3.8, 4) is 0 Å². The van der Waals surface area contributed by atoms with Crippen molar-refractivity contribution in [1.29, 1.82) is 0 Å². The second-order valence-electron chi connectivity index (χ2n) is 6.46. The number of benzene rings is 2. The average molecular weight is 356 g/mol. The van der Waals surface area contributed by atoms with E-state index < -0.39 is 11.9 Å². The number of hydrogen-bond donors (Lipinski definition) is 3. The highest BCUT2D eigenvalue weighted by atomic mass is 16.4. The smallest absolute Gasteiger partial charge is 0.335 e. The van der Waals surface area contributed by atoms with Gasteiger partial charge in [0.1, 0.15) is 0 Å². The summed E-state index contributed by atoms with van der Waals surface area (Å²) in [6, 6.07) is 15.6. The van der Waals surface area contributed by atoms with E-state index in [-0.39, 0.29) is 6.61 Å². The first-order chi connectivity index (χ1) is 12.5. The molecule has 0 bridgehead atoms. The van der Waals surface area contributed by atoms with Crippen LogP contribution in [-0.2, 0) is 0 Å². The second kappa shape index (κ2) is 9.73. The summed E-state index contributed by atoms with van der Waals surface area (Å²) in [7, 11) is 0. The summed E-state index contributed by atoms with van der Waals surface area (Å²) in [5.41, 5.74) is 1.72. The van der Waals surface area contributed by atoms with Crippen molar-refractivity contribution in [3.05, 3.63) is 71.3 Å². The molecule has 2 aromatic carbocycles. The van der Waals surface area contributed by atoms with Crippen LogP contribution in [0.15, 0.2) is 54.6 Å². The van der Waals surface area contributed by atoms with Gasteiger partial charge in [-0.15, -0.1) is 0 Å². The quantitative estimate of drug-likeness (QED) is 0.769. The predicted molar refractivity (Wildman–Crippen MR) is 98.6 cm³/mol. The lowest BCUT2D eigenvalue weighted by Crippen LogP contribution is -2.17. The van der Waals surface area contributed by atoms with Crippen molar-refractivity contribution < 1.29 is 24.9 Å². The van der Waals surface area contributed by atoms with Crippen molar-refractivity contribution in [2.24, 2.45) is 5.92 Å². The molecule has 26 heavy (non-hydrogen) atoms. The van der Waals surface area contributed by atoms with Crippen LogP contribution in [0.25, 0.3) is 0 Å². The standard InChI is InChI=1S/C14H18O3.C7H6O2/c15-9-10-5-7-11(8-6-10)12-3-1-2-4-13(12)14(16)17;8-7(9)6-4-2-1-3-5-6/h1-4,10-11,15H,5-9H2,(H,16,17);1-5H,(H,8,9). The summed E-state index contributed by atoms with van der Waals surface area (Å²) in [6.07, 6.45) is 3.95. The molecule has 0 aliphatic heterocycles. The molecule has 3 N–H and O–H groups in total. The Morgan fingerprint density at radius 2 is 1.38 bits per heavy atom. The third-order valence-corrected chi connectivity index (χ3v) is 4.76. The largest absolute Gasteiger partial charge is 0.478 e. The number of carbonyl (C=O) groups is 2. The molecule has 1 saturated carbocycles. The fraction of sp³-hybridized carbons (Fsp3) is 0.333. The zero-order chi connectivity index (χ0) is 18.9. The molecule has 1 aliphatic rings. The Bertz CT molecular complexity index is 718. The van der Waals surface area contributed by atoms with Gasteiger partial charge < -0.3 is 15.3 Å². The first-order valence-electron chi connectivity index (χ1n) is 8.74. The van der Waals surface area contributed by atoms with Gasteiger partial charge in [0, 0.05) is 6.61 Å². The Hall–Kier alpha value is -2.66. The zero-order valence-corrected chi connectivity index (χ0v) is 14.5. The maximum atomic E-state index is 11.1. The van der Waals surface area contributed by atoms with Crippen LogP contribution < -0.4 is 0 Å². The van der Waals surface area contributed by atoms with Gasteiger partial charge in [-0.25, -0.2) is 9.59 Å². The maximum Gasteiger partial charge on any atom is 0.335 e. The molecule has 0 heterocycles. The van der Waals surface area contributed by atoms with Crippen LogP contribution in [0.3, 0.4) is 0 Å². The van der Waals surface area contributed by atoms with Crippen LogP contribution in [0, 0.1) is 5.92 Å². The zero-order valence-electron chi connectivity index (χ0n) is 14.5. The summed E-state index contributed by atoms with van der Waals surface area (Å²) in [6.45, 7) is 0.257. The van der Waals surface area contributed by atoms with Crippen molar-refractivity contribution in [2.75, 3.05) is 6.61 Å². The fourth-order valence-electron chi connectivity index (χ4n) is 3.28. The van der Waals surface area contributed by atoms with Gasteiger partial charge >= 0.3 is 11.9 Å². The van der Waals surface area contributed by atoms with E-state index in [1.54, 1.807) is 42.5 Å². The third kappa shape index (κ3) is 5.43. The summed E-state index contributed by atoms with van der Waals surface area (Å²) in [5, 5.41) is 26.6. The monoisotopic (exact) mass is 356 g/mol. The normalized spacial score (nSPS) is 19.1. The van der Waals surface area contributed by atoms with E-state index in [9.17, 15) is 9.59 Å². The van der Waals surface area contributed by atoms with E-state index in [0.29, 0.717) is 23.0 Å². The highest BCUT2D eigenvalue weighted by Gasteiger charge is 2.24. The Morgan fingerprint density at radius 3 is 1.88 bits per heavy atom. The summed E-state index contributed by atoms with van der Waals surface area (Å²) in [4.78, 5) is 21.3. The topological polar surface area (TPSA) is 94.8 Å². The first kappa shape index (κ1) is 19.7. The minimum atomic E-state index is -0.879. The molecular formula is C21H24O5. The number of carboxylic acid groups (broad SMARTS) is 2. The molecule has 5 nitrogen and oxygen atoms in total. The van der Waals surface area contributed by atoms with Crippen LogP contribution >= 0.6 is 0 Å². The molecule has 0 saturated heterocycles. The minimum absolute atomic E-state index is 0.257. The van der Waals surface area contributed by atoms with Crippen LogP contribution in [0.4, 0.5) is 0 Å². The SMILES string of the molecule is O=C(O)c1ccccc1.O=C(O)c1ccccc1C1CCC(CO)CC1. The molecule has 0 aromatic heterocycles. The van der Waals surface area contributed by atoms with Gasteiger partial charge in [0.15, 0.2) is 0 Å². The molecule has 0 spiro atoms. The van der Waals surface area contributed by atoms with Crippen LogP contribution in [0.1, 0.15) is 57.9 Å². The molecule has 3 rings (SSSR count). The van der Waals surface area contributed by atoms with Gasteiger partial charge in [0.05, 0.1) is 11.1 Å². The lowest BCUT2D eigenvalue weighted by atomic mass is 9.78. The molecule has 0 radical (unpaired) electrons. The number of aliphatic hydroxyl groups is 1. The molecule has 5 heteroatoms. The molecule has 138 valence electrons. The van der Waals surface area contributed by atoms with Crippen LogP contribution in [0.5, 0.6) is 0 Å². The predicted octanol–water partition coefficient (Wildman–Crippen LogP) is 4.04. The molecule has 0 amide bonds. The van der Waals surface area contributed by atoms with Gasteiger partial charge in [0.2, 0.25) is 0 Å². The molecule has 0 atom stereocenters. The Morgan fingerprint density at radius 1 is 0.808 bits per heavy atom. The van der Waals surface area contributed by atoms with Crippen molar-refractivity contribution in [1.82, 2.24) is 0 Å². The Balaban J connectivity index is 0.000000228. The number of carboxylic acids is 2. The van der Waals surface area contributed by atoms with Crippen LogP contribution in [-0.4, -0.2) is 33.9 Å². The number of aliphatic hydroxyl groups excluding tert-OH is 1. The number of hydrogen-bond acceptors (Lipinski definition) is 3. The highest BCUT2D eigenvalue weighted by Crippen LogP contribution is 2.36. The van der Waals surface area contributed by atoms with Gasteiger partial charge in [-0.05, 0) is 61.3 Å². The second-order valence-corrected chi connectivity index (χ2v) is 6.46. The van der Waals surface area contributed by atoms with Crippen molar-refractivity contribution >= 4 is 11.9 Å². The van der Waals surface area contributed by atoms with E-state index in [2.05, 4.69) is 0 Å². The molecule has 1 aliphatic carbocycles. The van der Waals surface area contributed by atoms with Gasteiger partial charge in [-0.3, -0.25) is 0 Å². The number of aromatic carboxylic acids is 2. The highest BCUT2D eigenvalue weighted by molar-refractivity contribution is 5.89. The summed E-state index contributed by atoms with van der Waals surface area (Å²) in [5.74, 6) is -0.978. The maximum absolute atomic E-state index is 11.1. The lowest BCUT2D eigenvalue weighted by Gasteiger charge is -2.28. The number of rotatable bonds is 4. The van der Waals surface area contributed by atoms with Crippen molar-refractivity contribution in [2.45, 2.75) is 31.6 Å².